The Kier molecular flexibility index (Phi) is 8.08. The number of hydrogen-bond acceptors (Lipinski definition) is 6. The lowest BCUT2D eigenvalue weighted by molar-refractivity contribution is -0.137. The number of rotatable bonds is 10. The Bertz CT molecular complexity index is 988. The van der Waals surface area contributed by atoms with Crippen LogP contribution in [0.2, 0.25) is 0 Å². The van der Waals surface area contributed by atoms with Crippen LogP contribution >= 0.6 is 24.0 Å². The Morgan fingerprint density at radius 1 is 1.13 bits per heavy atom. The van der Waals surface area contributed by atoms with Crippen molar-refractivity contribution >= 4 is 46.3 Å². The Morgan fingerprint density at radius 3 is 2.55 bits per heavy atom. The lowest BCUT2D eigenvalue weighted by Gasteiger charge is -2.13. The second-order valence-electron chi connectivity index (χ2n) is 6.86. The Morgan fingerprint density at radius 2 is 1.84 bits per heavy atom. The van der Waals surface area contributed by atoms with Crippen LogP contribution in [0.1, 0.15) is 24.0 Å². The summed E-state index contributed by atoms with van der Waals surface area (Å²) in [5.41, 5.74) is 1.94. The summed E-state index contributed by atoms with van der Waals surface area (Å²) in [6, 6.07) is 15.3. The second-order valence-corrected chi connectivity index (χ2v) is 8.54. The predicted molar refractivity (Wildman–Crippen MR) is 125 cm³/mol. The van der Waals surface area contributed by atoms with Crippen molar-refractivity contribution < 1.29 is 24.2 Å². The van der Waals surface area contributed by atoms with Gasteiger partial charge in [-0.1, -0.05) is 54.3 Å². The van der Waals surface area contributed by atoms with E-state index in [0.717, 1.165) is 16.9 Å². The molecule has 3 rings (SSSR count). The number of carbonyl (C=O) groups excluding carboxylic acids is 1. The lowest BCUT2D eigenvalue weighted by Crippen LogP contribution is -2.29. The molecule has 1 N–H and O–H groups in total. The minimum absolute atomic E-state index is 0.00751. The highest BCUT2D eigenvalue weighted by Gasteiger charge is 2.31. The molecule has 2 aromatic carbocycles. The predicted octanol–water partition coefficient (Wildman–Crippen LogP) is 4.52. The second kappa shape index (κ2) is 11.0. The lowest BCUT2D eigenvalue weighted by atomic mass is 10.2. The summed E-state index contributed by atoms with van der Waals surface area (Å²) >= 11 is 6.49. The van der Waals surface area contributed by atoms with Crippen molar-refractivity contribution in [2.45, 2.75) is 19.8 Å². The highest BCUT2D eigenvalue weighted by molar-refractivity contribution is 8.26. The van der Waals surface area contributed by atoms with Crippen LogP contribution in [0.3, 0.4) is 0 Å². The maximum absolute atomic E-state index is 12.5. The third kappa shape index (κ3) is 6.57. The molecule has 1 heterocycles. The summed E-state index contributed by atoms with van der Waals surface area (Å²) in [6.07, 6.45) is 2.16. The van der Waals surface area contributed by atoms with Crippen molar-refractivity contribution in [3.05, 3.63) is 64.6 Å². The van der Waals surface area contributed by atoms with Crippen molar-refractivity contribution in [3.63, 3.8) is 0 Å². The summed E-state index contributed by atoms with van der Waals surface area (Å²) < 4.78 is 11.9. The number of amides is 1. The number of ether oxygens (including phenoxy) is 2. The number of para-hydroxylation sites is 1. The van der Waals surface area contributed by atoms with Gasteiger partial charge >= 0.3 is 5.97 Å². The third-order valence-corrected chi connectivity index (χ3v) is 5.90. The van der Waals surface area contributed by atoms with Crippen LogP contribution in [-0.2, 0) is 9.59 Å². The quantitative estimate of drug-likeness (QED) is 0.319. The van der Waals surface area contributed by atoms with E-state index in [4.69, 9.17) is 26.8 Å². The van der Waals surface area contributed by atoms with E-state index in [9.17, 15) is 9.59 Å². The van der Waals surface area contributed by atoms with Gasteiger partial charge in [0.2, 0.25) is 0 Å². The number of carbonyl (C=O) groups is 2. The number of thioether (sulfide) groups is 1. The molecule has 1 aliphatic heterocycles. The number of carboxylic acid groups (broad SMARTS) is 1. The van der Waals surface area contributed by atoms with Gasteiger partial charge in [0.15, 0.2) is 0 Å². The molecule has 2 aromatic rings. The average Bonchev–Trinajstić information content (AvgIpc) is 3.00. The highest BCUT2D eigenvalue weighted by Crippen LogP contribution is 2.33. The van der Waals surface area contributed by atoms with E-state index in [-0.39, 0.29) is 12.3 Å². The first-order chi connectivity index (χ1) is 14.9. The minimum atomic E-state index is -0.884. The van der Waals surface area contributed by atoms with Gasteiger partial charge in [-0.05, 0) is 48.7 Å². The number of carboxylic acids is 1. The largest absolute Gasteiger partial charge is 0.490 e. The van der Waals surface area contributed by atoms with Gasteiger partial charge in [0.25, 0.3) is 5.91 Å². The van der Waals surface area contributed by atoms with Gasteiger partial charge in [-0.2, -0.15) is 0 Å². The van der Waals surface area contributed by atoms with Gasteiger partial charge < -0.3 is 14.6 Å². The molecule has 6 nitrogen and oxygen atoms in total. The Labute approximate surface area is 190 Å². The fraction of sp³-hybridized carbons (Fsp3) is 0.261. The van der Waals surface area contributed by atoms with Crippen LogP contribution in [-0.4, -0.2) is 46.0 Å². The zero-order chi connectivity index (χ0) is 22.2. The fourth-order valence-corrected chi connectivity index (χ4v) is 4.23. The molecule has 0 bridgehead atoms. The number of hydrogen-bond donors (Lipinski definition) is 1. The molecule has 162 valence electrons. The SMILES string of the molecule is Cc1ccccc1OCCOc1ccc(C=C2SC(=S)N(CCCC(=O)O)C2=O)cc1. The van der Waals surface area contributed by atoms with Gasteiger partial charge in [0.05, 0.1) is 4.91 Å². The molecule has 0 aromatic heterocycles. The smallest absolute Gasteiger partial charge is 0.303 e. The summed E-state index contributed by atoms with van der Waals surface area (Å²) in [6.45, 7) is 3.17. The molecule has 0 saturated carbocycles. The van der Waals surface area contributed by atoms with Crippen molar-refractivity contribution in [1.29, 1.82) is 0 Å². The van der Waals surface area contributed by atoms with Crippen molar-refractivity contribution in [1.82, 2.24) is 4.90 Å². The number of benzene rings is 2. The topological polar surface area (TPSA) is 76.1 Å². The Hall–Kier alpha value is -2.84. The first kappa shape index (κ1) is 22.8. The molecule has 31 heavy (non-hydrogen) atoms. The van der Waals surface area contributed by atoms with Crippen LogP contribution in [0.25, 0.3) is 6.08 Å². The maximum Gasteiger partial charge on any atom is 0.303 e. The number of aliphatic carboxylic acids is 1. The molecule has 1 saturated heterocycles. The van der Waals surface area contributed by atoms with Crippen LogP contribution < -0.4 is 9.47 Å². The monoisotopic (exact) mass is 457 g/mol. The molecular weight excluding hydrogens is 434 g/mol. The molecule has 8 heteroatoms. The average molecular weight is 458 g/mol. The van der Waals surface area contributed by atoms with E-state index in [1.165, 1.54) is 16.7 Å². The van der Waals surface area contributed by atoms with Crippen LogP contribution in [0, 0.1) is 6.92 Å². The van der Waals surface area contributed by atoms with Gasteiger partial charge in [0, 0.05) is 13.0 Å². The third-order valence-electron chi connectivity index (χ3n) is 4.53. The van der Waals surface area contributed by atoms with Gasteiger partial charge in [-0.15, -0.1) is 0 Å². The summed E-state index contributed by atoms with van der Waals surface area (Å²) in [7, 11) is 0. The van der Waals surface area contributed by atoms with E-state index < -0.39 is 5.97 Å². The number of thiocarbonyl (C=S) groups is 1. The number of aryl methyl sites for hydroxylation is 1. The summed E-state index contributed by atoms with van der Waals surface area (Å²) in [4.78, 5) is 25.2. The van der Waals surface area contributed by atoms with E-state index in [1.54, 1.807) is 6.08 Å². The molecule has 0 radical (unpaired) electrons. The first-order valence-electron chi connectivity index (χ1n) is 9.82. The highest BCUT2D eigenvalue weighted by atomic mass is 32.2. The molecule has 1 aliphatic rings. The maximum atomic E-state index is 12.5. The Balaban J connectivity index is 1.50. The van der Waals surface area contributed by atoms with E-state index >= 15 is 0 Å². The summed E-state index contributed by atoms with van der Waals surface area (Å²) in [5, 5.41) is 8.75. The van der Waals surface area contributed by atoms with Crippen molar-refractivity contribution in [3.8, 4) is 11.5 Å². The van der Waals surface area contributed by atoms with Crippen molar-refractivity contribution in [2.24, 2.45) is 0 Å². The molecule has 1 fully saturated rings. The minimum Gasteiger partial charge on any atom is -0.490 e. The molecule has 1 amide bonds. The summed E-state index contributed by atoms with van der Waals surface area (Å²) in [5.74, 6) is 0.493. The fourth-order valence-electron chi connectivity index (χ4n) is 2.92. The molecular formula is C23H23NO5S2. The van der Waals surface area contributed by atoms with Crippen LogP contribution in [0.4, 0.5) is 0 Å². The van der Waals surface area contributed by atoms with E-state index in [1.807, 2.05) is 55.5 Å². The number of nitrogens with zero attached hydrogens (tertiary/aromatic N) is 1. The van der Waals surface area contributed by atoms with Gasteiger partial charge in [-0.25, -0.2) is 0 Å². The standard InChI is InChI=1S/C23H23NO5S2/c1-16-5-2-3-6-19(16)29-14-13-28-18-10-8-17(9-11-18)15-20-22(27)24(23(30)31-20)12-4-7-21(25)26/h2-3,5-6,8-11,15H,4,7,12-14H2,1H3,(H,25,26). The zero-order valence-corrected chi connectivity index (χ0v) is 18.7. The first-order valence-corrected chi connectivity index (χ1v) is 11.0. The van der Waals surface area contributed by atoms with Gasteiger partial charge in [-0.3, -0.25) is 14.5 Å². The van der Waals surface area contributed by atoms with E-state index in [2.05, 4.69) is 0 Å². The van der Waals surface area contributed by atoms with E-state index in [0.29, 0.717) is 41.2 Å². The van der Waals surface area contributed by atoms with Crippen LogP contribution in [0.15, 0.2) is 53.4 Å². The zero-order valence-electron chi connectivity index (χ0n) is 17.1. The van der Waals surface area contributed by atoms with Crippen molar-refractivity contribution in [2.75, 3.05) is 19.8 Å². The molecule has 0 atom stereocenters. The molecule has 0 spiro atoms. The normalized spacial score (nSPS) is 14.9. The molecule has 0 aliphatic carbocycles. The van der Waals surface area contributed by atoms with Crippen LogP contribution in [0.5, 0.6) is 11.5 Å². The molecule has 0 unspecified atom stereocenters. The van der Waals surface area contributed by atoms with Gasteiger partial charge in [0.1, 0.15) is 29.0 Å².